The Kier molecular flexibility index (Phi) is 6.80. The van der Waals surface area contributed by atoms with Gasteiger partial charge in [0.1, 0.15) is 5.82 Å². The van der Waals surface area contributed by atoms with E-state index in [1.807, 2.05) is 12.3 Å². The molecule has 0 spiro atoms. The topological polar surface area (TPSA) is 8.17 Å². The molecule has 3 rings (SSSR count). The zero-order valence-electron chi connectivity index (χ0n) is 17.1. The molecule has 0 fully saturated rings. The summed E-state index contributed by atoms with van der Waals surface area (Å²) < 4.78 is 42.3. The van der Waals surface area contributed by atoms with Crippen molar-refractivity contribution in [2.24, 2.45) is 5.92 Å². The standard InChI is InChI=1S/C24H27F3N2/c1-17(2)18(3)29(15-20-8-11-23(26)24(27)13-20)16-22-5-4-12-28(22)14-19-6-9-21(25)10-7-19/h4-13,17-18H,14-16H2,1-3H3/t18-/m0/s1. The van der Waals surface area contributed by atoms with Crippen molar-refractivity contribution < 1.29 is 13.2 Å². The van der Waals surface area contributed by atoms with Gasteiger partial charge in [-0.1, -0.05) is 32.0 Å². The van der Waals surface area contributed by atoms with Crippen LogP contribution in [0.4, 0.5) is 13.2 Å². The van der Waals surface area contributed by atoms with Gasteiger partial charge in [0.25, 0.3) is 0 Å². The minimum absolute atomic E-state index is 0.245. The van der Waals surface area contributed by atoms with Crippen LogP contribution in [0.3, 0.4) is 0 Å². The number of nitrogens with zero attached hydrogens (tertiary/aromatic N) is 2. The lowest BCUT2D eigenvalue weighted by molar-refractivity contribution is 0.148. The van der Waals surface area contributed by atoms with E-state index in [9.17, 15) is 13.2 Å². The summed E-state index contributed by atoms with van der Waals surface area (Å²) in [5, 5.41) is 0. The Hall–Kier alpha value is -2.53. The normalized spacial score (nSPS) is 12.7. The molecule has 0 aliphatic heterocycles. The number of aromatic nitrogens is 1. The molecule has 1 aromatic heterocycles. The van der Waals surface area contributed by atoms with E-state index in [0.29, 0.717) is 25.6 Å². The Morgan fingerprint density at radius 3 is 2.17 bits per heavy atom. The number of rotatable bonds is 8. The van der Waals surface area contributed by atoms with Gasteiger partial charge in [0.05, 0.1) is 0 Å². The molecule has 0 radical (unpaired) electrons. The first-order valence-corrected chi connectivity index (χ1v) is 9.90. The second-order valence-electron chi connectivity index (χ2n) is 7.89. The van der Waals surface area contributed by atoms with E-state index in [1.165, 1.54) is 24.3 Å². The van der Waals surface area contributed by atoms with E-state index in [1.54, 1.807) is 18.2 Å². The van der Waals surface area contributed by atoms with Crippen molar-refractivity contribution in [2.75, 3.05) is 0 Å². The molecule has 29 heavy (non-hydrogen) atoms. The average Bonchev–Trinajstić information content (AvgIpc) is 3.12. The molecule has 0 bridgehead atoms. The van der Waals surface area contributed by atoms with E-state index in [0.717, 1.165) is 16.8 Å². The molecule has 0 N–H and O–H groups in total. The summed E-state index contributed by atoms with van der Waals surface area (Å²) in [5.41, 5.74) is 2.88. The van der Waals surface area contributed by atoms with Gasteiger partial charge >= 0.3 is 0 Å². The molecule has 0 aliphatic rings. The summed E-state index contributed by atoms with van der Waals surface area (Å²) >= 11 is 0. The maximum absolute atomic E-state index is 13.7. The molecule has 0 unspecified atom stereocenters. The van der Waals surface area contributed by atoms with Crippen LogP contribution in [0.5, 0.6) is 0 Å². The predicted molar refractivity (Wildman–Crippen MR) is 110 cm³/mol. The minimum Gasteiger partial charge on any atom is -0.346 e. The second-order valence-corrected chi connectivity index (χ2v) is 7.89. The first kappa shape index (κ1) is 21.2. The molecule has 5 heteroatoms. The Labute approximate surface area is 170 Å². The SMILES string of the molecule is CC(C)[C@H](C)N(Cc1ccc(F)c(F)c1)Cc1cccn1Cc1ccc(F)cc1. The highest BCUT2D eigenvalue weighted by molar-refractivity contribution is 5.20. The molecule has 0 saturated heterocycles. The van der Waals surface area contributed by atoms with Crippen LogP contribution in [-0.4, -0.2) is 15.5 Å². The summed E-state index contributed by atoms with van der Waals surface area (Å²) in [6.07, 6.45) is 2.01. The van der Waals surface area contributed by atoms with Gasteiger partial charge in [-0.05, 0) is 60.4 Å². The molecular weight excluding hydrogens is 373 g/mol. The third-order valence-electron chi connectivity index (χ3n) is 5.47. The number of hydrogen-bond donors (Lipinski definition) is 0. The van der Waals surface area contributed by atoms with E-state index in [2.05, 4.69) is 36.3 Å². The van der Waals surface area contributed by atoms with Gasteiger partial charge in [0.15, 0.2) is 11.6 Å². The maximum atomic E-state index is 13.7. The zero-order valence-corrected chi connectivity index (χ0v) is 17.1. The lowest BCUT2D eigenvalue weighted by Gasteiger charge is -2.32. The maximum Gasteiger partial charge on any atom is 0.159 e. The van der Waals surface area contributed by atoms with Gasteiger partial charge in [-0.3, -0.25) is 4.90 Å². The highest BCUT2D eigenvalue weighted by Gasteiger charge is 2.20. The van der Waals surface area contributed by atoms with Crippen LogP contribution < -0.4 is 0 Å². The number of benzene rings is 2. The average molecular weight is 400 g/mol. The molecule has 0 aliphatic carbocycles. The van der Waals surface area contributed by atoms with Crippen molar-refractivity contribution >= 4 is 0 Å². The molecule has 0 amide bonds. The molecule has 3 aromatic rings. The smallest absolute Gasteiger partial charge is 0.159 e. The number of hydrogen-bond acceptors (Lipinski definition) is 1. The van der Waals surface area contributed by atoms with Crippen LogP contribution in [0.25, 0.3) is 0 Å². The minimum atomic E-state index is -0.828. The summed E-state index contributed by atoms with van der Waals surface area (Å²) in [7, 11) is 0. The first-order valence-electron chi connectivity index (χ1n) is 9.90. The quantitative estimate of drug-likeness (QED) is 0.450. The summed E-state index contributed by atoms with van der Waals surface area (Å²) in [6.45, 7) is 8.31. The van der Waals surface area contributed by atoms with Crippen LogP contribution in [0.15, 0.2) is 60.8 Å². The van der Waals surface area contributed by atoms with E-state index in [4.69, 9.17) is 0 Å². The van der Waals surface area contributed by atoms with Crippen molar-refractivity contribution in [1.82, 2.24) is 9.47 Å². The predicted octanol–water partition coefficient (Wildman–Crippen LogP) is 6.00. The summed E-state index contributed by atoms with van der Waals surface area (Å²) in [5.74, 6) is -1.49. The van der Waals surface area contributed by atoms with Gasteiger partial charge in [-0.15, -0.1) is 0 Å². The van der Waals surface area contributed by atoms with E-state index in [-0.39, 0.29) is 11.9 Å². The molecular formula is C24H27F3N2. The number of halogens is 3. The fourth-order valence-electron chi connectivity index (χ4n) is 3.38. The Morgan fingerprint density at radius 2 is 1.52 bits per heavy atom. The lowest BCUT2D eigenvalue weighted by atomic mass is 10.0. The second kappa shape index (κ2) is 9.31. The fourth-order valence-corrected chi connectivity index (χ4v) is 3.38. The Balaban J connectivity index is 1.80. The van der Waals surface area contributed by atoms with Gasteiger partial charge in [0.2, 0.25) is 0 Å². The molecule has 154 valence electrons. The van der Waals surface area contributed by atoms with Crippen LogP contribution in [0, 0.1) is 23.4 Å². The largest absolute Gasteiger partial charge is 0.346 e. The molecule has 1 heterocycles. The van der Waals surface area contributed by atoms with E-state index >= 15 is 0 Å². The van der Waals surface area contributed by atoms with Crippen LogP contribution >= 0.6 is 0 Å². The Morgan fingerprint density at radius 1 is 0.828 bits per heavy atom. The van der Waals surface area contributed by atoms with Gasteiger partial charge in [0, 0.05) is 37.6 Å². The first-order chi connectivity index (χ1) is 13.8. The molecule has 2 aromatic carbocycles. The highest BCUT2D eigenvalue weighted by atomic mass is 19.2. The molecule has 0 saturated carbocycles. The van der Waals surface area contributed by atoms with Crippen molar-refractivity contribution in [1.29, 1.82) is 0 Å². The third kappa shape index (κ3) is 5.51. The van der Waals surface area contributed by atoms with Crippen molar-refractivity contribution in [3.05, 3.63) is 95.1 Å². The summed E-state index contributed by atoms with van der Waals surface area (Å²) in [4.78, 5) is 2.27. The highest BCUT2D eigenvalue weighted by Crippen LogP contribution is 2.20. The fraction of sp³-hybridized carbons (Fsp3) is 0.333. The molecule has 1 atom stereocenters. The Bertz CT molecular complexity index is 932. The van der Waals surface area contributed by atoms with Crippen LogP contribution in [0.2, 0.25) is 0 Å². The van der Waals surface area contributed by atoms with Crippen molar-refractivity contribution in [3.63, 3.8) is 0 Å². The van der Waals surface area contributed by atoms with Crippen molar-refractivity contribution in [2.45, 2.75) is 46.4 Å². The van der Waals surface area contributed by atoms with Crippen LogP contribution in [0.1, 0.15) is 37.6 Å². The lowest BCUT2D eigenvalue weighted by Crippen LogP contribution is -2.36. The van der Waals surface area contributed by atoms with Gasteiger partial charge in [-0.25, -0.2) is 13.2 Å². The van der Waals surface area contributed by atoms with Crippen molar-refractivity contribution in [3.8, 4) is 0 Å². The molecule has 2 nitrogen and oxygen atoms in total. The van der Waals surface area contributed by atoms with Gasteiger partial charge < -0.3 is 4.57 Å². The third-order valence-corrected chi connectivity index (χ3v) is 5.47. The monoisotopic (exact) mass is 400 g/mol. The van der Waals surface area contributed by atoms with Gasteiger partial charge in [-0.2, -0.15) is 0 Å². The van der Waals surface area contributed by atoms with Crippen LogP contribution in [-0.2, 0) is 19.6 Å². The zero-order chi connectivity index (χ0) is 21.0. The summed E-state index contributed by atoms with van der Waals surface area (Å²) in [6, 6.07) is 14.9. The van der Waals surface area contributed by atoms with E-state index < -0.39 is 11.6 Å².